The molecule has 29 heavy (non-hydrogen) atoms. The third kappa shape index (κ3) is 4.04. The summed E-state index contributed by atoms with van der Waals surface area (Å²) in [5, 5.41) is 8.78. The minimum Gasteiger partial charge on any atom is -0.374 e. The minimum absolute atomic E-state index is 0.511. The molecule has 4 aromatic rings. The summed E-state index contributed by atoms with van der Waals surface area (Å²) in [5.74, 6) is 0.842. The second kappa shape index (κ2) is 8.45. The minimum atomic E-state index is 0.511. The molecule has 142 valence electrons. The van der Waals surface area contributed by atoms with Crippen LogP contribution in [0.25, 0.3) is 33.9 Å². The number of hydrogen-bond acceptors (Lipinski definition) is 3. The second-order valence-corrected chi connectivity index (χ2v) is 6.92. The largest absolute Gasteiger partial charge is 0.374 e. The Morgan fingerprint density at radius 3 is 2.07 bits per heavy atom. The van der Waals surface area contributed by atoms with E-state index in [0.717, 1.165) is 39.6 Å². The number of hydrogen-bond donors (Lipinski definition) is 1. The molecule has 0 unspecified atom stereocenters. The van der Waals surface area contributed by atoms with Gasteiger partial charge in [-0.15, -0.1) is 0 Å². The zero-order valence-electron chi connectivity index (χ0n) is 16.3. The van der Waals surface area contributed by atoms with E-state index < -0.39 is 0 Å². The molecule has 0 radical (unpaired) electrons. The van der Waals surface area contributed by atoms with Crippen molar-refractivity contribution in [2.24, 2.45) is 0 Å². The van der Waals surface area contributed by atoms with E-state index in [9.17, 15) is 0 Å². The van der Waals surface area contributed by atoms with Crippen molar-refractivity contribution in [3.05, 3.63) is 84.9 Å². The fraction of sp³-hybridized carbons (Fsp3) is 0.120. The molecular weight excluding hydrogens is 356 g/mol. The van der Waals surface area contributed by atoms with Gasteiger partial charge in [0, 0.05) is 36.0 Å². The molecule has 0 amide bonds. The Bertz CT molecular complexity index is 1050. The van der Waals surface area contributed by atoms with E-state index in [1.165, 1.54) is 0 Å². The number of aromatic nitrogens is 2. The van der Waals surface area contributed by atoms with E-state index in [2.05, 4.69) is 64.5 Å². The van der Waals surface area contributed by atoms with Gasteiger partial charge in [0.1, 0.15) is 5.82 Å². The van der Waals surface area contributed by atoms with Gasteiger partial charge in [-0.25, -0.2) is 4.98 Å². The first-order valence-corrected chi connectivity index (χ1v) is 9.65. The molecule has 3 aromatic carbocycles. The fourth-order valence-corrected chi connectivity index (χ4v) is 3.35. The van der Waals surface area contributed by atoms with Crippen LogP contribution in [0.4, 0.5) is 5.69 Å². The van der Waals surface area contributed by atoms with Gasteiger partial charge in [0.05, 0.1) is 23.9 Å². The fourth-order valence-electron chi connectivity index (χ4n) is 3.35. The number of nitriles is 1. The Morgan fingerprint density at radius 1 is 0.828 bits per heavy atom. The molecule has 0 spiro atoms. The Morgan fingerprint density at radius 2 is 1.45 bits per heavy atom. The van der Waals surface area contributed by atoms with E-state index in [1.54, 1.807) is 0 Å². The van der Waals surface area contributed by atoms with Crippen molar-refractivity contribution in [3.63, 3.8) is 0 Å². The first-order chi connectivity index (χ1) is 14.3. The highest BCUT2D eigenvalue weighted by Gasteiger charge is 2.15. The average molecular weight is 378 g/mol. The molecule has 0 aliphatic carbocycles. The van der Waals surface area contributed by atoms with E-state index in [0.29, 0.717) is 13.0 Å². The van der Waals surface area contributed by atoms with Gasteiger partial charge in [0.25, 0.3) is 0 Å². The molecule has 4 nitrogen and oxygen atoms in total. The van der Waals surface area contributed by atoms with E-state index in [-0.39, 0.29) is 0 Å². The van der Waals surface area contributed by atoms with Crippen LogP contribution in [-0.4, -0.2) is 23.6 Å². The Kier molecular flexibility index (Phi) is 5.40. The predicted octanol–water partition coefficient (Wildman–Crippen LogP) is 5.76. The molecule has 0 aliphatic rings. The van der Waals surface area contributed by atoms with Crippen LogP contribution < -0.4 is 4.90 Å². The average Bonchev–Trinajstić information content (AvgIpc) is 3.24. The number of H-pyrrole nitrogens is 1. The number of rotatable bonds is 6. The van der Waals surface area contributed by atoms with Gasteiger partial charge in [-0.1, -0.05) is 60.7 Å². The van der Waals surface area contributed by atoms with Crippen LogP contribution >= 0.6 is 0 Å². The number of nitrogens with zero attached hydrogens (tertiary/aromatic N) is 3. The first kappa shape index (κ1) is 18.5. The number of anilines is 1. The van der Waals surface area contributed by atoms with Gasteiger partial charge in [-0.05, 0) is 24.3 Å². The van der Waals surface area contributed by atoms with Crippen LogP contribution in [0, 0.1) is 11.3 Å². The third-order valence-electron chi connectivity index (χ3n) is 4.95. The quantitative estimate of drug-likeness (QED) is 0.464. The Balaban J connectivity index is 1.72. The maximum Gasteiger partial charge on any atom is 0.138 e. The highest BCUT2D eigenvalue weighted by atomic mass is 15.1. The van der Waals surface area contributed by atoms with Crippen LogP contribution in [0.1, 0.15) is 6.42 Å². The van der Waals surface area contributed by atoms with Crippen molar-refractivity contribution in [1.82, 2.24) is 9.97 Å². The van der Waals surface area contributed by atoms with Crippen LogP contribution in [0.15, 0.2) is 84.9 Å². The molecule has 0 fully saturated rings. The van der Waals surface area contributed by atoms with Gasteiger partial charge in [0.15, 0.2) is 0 Å². The summed E-state index contributed by atoms with van der Waals surface area (Å²) in [7, 11) is 2.00. The molecule has 1 N–H and O–H groups in total. The van der Waals surface area contributed by atoms with Crippen molar-refractivity contribution in [2.45, 2.75) is 6.42 Å². The van der Waals surface area contributed by atoms with Crippen molar-refractivity contribution in [3.8, 4) is 40.0 Å². The summed E-state index contributed by atoms with van der Waals surface area (Å²) in [4.78, 5) is 10.6. The summed E-state index contributed by atoms with van der Waals surface area (Å²) in [5.41, 5.74) is 6.27. The Hall–Kier alpha value is -3.84. The molecule has 0 saturated heterocycles. The van der Waals surface area contributed by atoms with Gasteiger partial charge in [-0.2, -0.15) is 5.26 Å². The number of benzene rings is 3. The van der Waals surface area contributed by atoms with E-state index in [4.69, 9.17) is 10.2 Å². The molecule has 0 bridgehead atoms. The van der Waals surface area contributed by atoms with Crippen molar-refractivity contribution in [2.75, 3.05) is 18.5 Å². The number of aromatic amines is 1. The van der Waals surface area contributed by atoms with Gasteiger partial charge in [-0.3, -0.25) is 0 Å². The summed E-state index contributed by atoms with van der Waals surface area (Å²) >= 11 is 0. The third-order valence-corrected chi connectivity index (χ3v) is 4.95. The lowest BCUT2D eigenvalue weighted by Gasteiger charge is -2.17. The van der Waals surface area contributed by atoms with Crippen LogP contribution in [0.3, 0.4) is 0 Å². The first-order valence-electron chi connectivity index (χ1n) is 9.65. The van der Waals surface area contributed by atoms with Gasteiger partial charge >= 0.3 is 0 Å². The molecule has 1 aromatic heterocycles. The summed E-state index contributed by atoms with van der Waals surface area (Å²) in [6.07, 6.45) is 0.511. The predicted molar refractivity (Wildman–Crippen MR) is 118 cm³/mol. The summed E-state index contributed by atoms with van der Waals surface area (Å²) in [6, 6.07) is 31.0. The van der Waals surface area contributed by atoms with E-state index >= 15 is 0 Å². The highest BCUT2D eigenvalue weighted by molar-refractivity contribution is 5.81. The van der Waals surface area contributed by atoms with Crippen LogP contribution in [0.2, 0.25) is 0 Å². The molecule has 0 aliphatic heterocycles. The number of nitrogens with one attached hydrogen (secondary N) is 1. The molecule has 4 heteroatoms. The van der Waals surface area contributed by atoms with E-state index in [1.807, 2.05) is 43.4 Å². The smallest absolute Gasteiger partial charge is 0.138 e. The zero-order valence-corrected chi connectivity index (χ0v) is 16.3. The molecule has 1 heterocycles. The maximum atomic E-state index is 8.78. The van der Waals surface area contributed by atoms with Crippen molar-refractivity contribution < 1.29 is 0 Å². The molecule has 0 saturated carbocycles. The van der Waals surface area contributed by atoms with Gasteiger partial charge in [0.2, 0.25) is 0 Å². The monoisotopic (exact) mass is 378 g/mol. The van der Waals surface area contributed by atoms with Crippen molar-refractivity contribution >= 4 is 5.69 Å². The van der Waals surface area contributed by atoms with Crippen LogP contribution in [-0.2, 0) is 0 Å². The lowest BCUT2D eigenvalue weighted by molar-refractivity contribution is 0.905. The topological polar surface area (TPSA) is 55.7 Å². The summed E-state index contributed by atoms with van der Waals surface area (Å²) in [6.45, 7) is 0.715. The Labute approximate surface area is 171 Å². The lowest BCUT2D eigenvalue weighted by Crippen LogP contribution is -2.17. The molecule has 0 atom stereocenters. The highest BCUT2D eigenvalue weighted by Crippen LogP contribution is 2.33. The van der Waals surface area contributed by atoms with Crippen LogP contribution in [0.5, 0.6) is 0 Å². The van der Waals surface area contributed by atoms with Gasteiger partial charge < -0.3 is 9.88 Å². The normalized spacial score (nSPS) is 10.5. The standard InChI is InChI=1S/C25H22N4/c1-29(18-8-17-26)22-15-13-21(14-16-22)25-27-23(19-9-4-2-5-10-19)24(28-25)20-11-6-3-7-12-20/h2-7,9-16H,8,18H2,1H3,(H,27,28). The SMILES string of the molecule is CN(CCC#N)c1ccc(-c2nc(-c3ccccc3)c(-c3ccccc3)[nH]2)cc1. The number of imidazole rings is 1. The maximum absolute atomic E-state index is 8.78. The lowest BCUT2D eigenvalue weighted by atomic mass is 10.1. The second-order valence-electron chi connectivity index (χ2n) is 6.92. The van der Waals surface area contributed by atoms with Crippen molar-refractivity contribution in [1.29, 1.82) is 5.26 Å². The molecular formula is C25H22N4. The summed E-state index contributed by atoms with van der Waals surface area (Å²) < 4.78 is 0. The molecule has 4 rings (SSSR count). The zero-order chi connectivity index (χ0) is 20.1.